The van der Waals surface area contributed by atoms with Crippen LogP contribution in [0.15, 0.2) is 60.7 Å². The molecule has 0 amide bonds. The minimum atomic E-state index is 1.32. The lowest BCUT2D eigenvalue weighted by molar-refractivity contribution is 1.68. The summed E-state index contributed by atoms with van der Waals surface area (Å²) in [4.78, 5) is 0. The molecule has 0 spiro atoms. The normalized spacial score (nSPS) is 12.0. The van der Waals surface area contributed by atoms with Crippen LogP contribution in [0.1, 0.15) is 0 Å². The maximum absolute atomic E-state index is 2.28. The Morgan fingerprint density at radius 1 is 0.588 bits per heavy atom. The van der Waals surface area contributed by atoms with Gasteiger partial charge in [0.2, 0.25) is 0 Å². The molecule has 3 aromatic rings. The van der Waals surface area contributed by atoms with Gasteiger partial charge in [0.05, 0.1) is 0 Å². The van der Waals surface area contributed by atoms with Crippen molar-refractivity contribution in [2.45, 2.75) is 0 Å². The van der Waals surface area contributed by atoms with E-state index >= 15 is 0 Å². The van der Waals surface area contributed by atoms with Crippen molar-refractivity contribution in [3.63, 3.8) is 0 Å². The molecule has 0 aliphatic carbocycles. The third-order valence-electron chi connectivity index (χ3n) is 3.50. The second-order valence-electron chi connectivity index (χ2n) is 4.48. The molecule has 1 aliphatic heterocycles. The first-order valence-electron chi connectivity index (χ1n) is 5.89. The highest BCUT2D eigenvalue weighted by atomic mass is 14.1. The Kier molecular flexibility index (Phi) is 1.73. The van der Waals surface area contributed by atoms with E-state index in [1.807, 2.05) is 0 Å². The van der Waals surface area contributed by atoms with E-state index in [2.05, 4.69) is 67.9 Å². The summed E-state index contributed by atoms with van der Waals surface area (Å²) in [5.41, 5.74) is 5.35. The van der Waals surface area contributed by atoms with Crippen molar-refractivity contribution in [2.24, 2.45) is 0 Å². The van der Waals surface area contributed by atoms with Gasteiger partial charge < -0.3 is 0 Å². The Morgan fingerprint density at radius 3 is 2.24 bits per heavy atom. The molecule has 1 radical (unpaired) electrons. The van der Waals surface area contributed by atoms with Crippen LogP contribution in [0, 0.1) is 0 Å². The molecule has 0 bridgehead atoms. The zero-order chi connectivity index (χ0) is 11.2. The van der Waals surface area contributed by atoms with Crippen molar-refractivity contribution >= 4 is 29.0 Å². The first-order chi connectivity index (χ1) is 8.43. The van der Waals surface area contributed by atoms with Crippen molar-refractivity contribution in [3.8, 4) is 11.1 Å². The zero-order valence-corrected chi connectivity index (χ0v) is 9.35. The van der Waals surface area contributed by atoms with Gasteiger partial charge in [0, 0.05) is 0 Å². The lowest BCUT2D eigenvalue weighted by atomic mass is 9.57. The Morgan fingerprint density at radius 2 is 1.29 bits per heavy atom. The van der Waals surface area contributed by atoms with E-state index < -0.39 is 0 Å². The fourth-order valence-corrected chi connectivity index (χ4v) is 2.75. The van der Waals surface area contributed by atoms with Crippen molar-refractivity contribution in [3.05, 3.63) is 60.7 Å². The van der Waals surface area contributed by atoms with Crippen LogP contribution in [0.4, 0.5) is 0 Å². The Labute approximate surface area is 101 Å². The van der Waals surface area contributed by atoms with Gasteiger partial charge in [-0.05, 0) is 21.9 Å². The van der Waals surface area contributed by atoms with Gasteiger partial charge >= 0.3 is 0 Å². The van der Waals surface area contributed by atoms with Crippen LogP contribution in [0.5, 0.6) is 0 Å². The SMILES string of the molecule is [B]1c2ccccc2-c2cccc3cccc1c23. The fraction of sp³-hybridized carbons (Fsp3) is 0. The van der Waals surface area contributed by atoms with Crippen LogP contribution < -0.4 is 10.9 Å². The lowest BCUT2D eigenvalue weighted by Crippen LogP contribution is -2.32. The molecule has 1 heteroatoms. The average Bonchev–Trinajstić information content (AvgIpc) is 2.39. The Hall–Kier alpha value is -2.02. The van der Waals surface area contributed by atoms with Crippen LogP contribution in [-0.2, 0) is 0 Å². The fourth-order valence-electron chi connectivity index (χ4n) is 2.75. The number of hydrogen-bond acceptors (Lipinski definition) is 0. The summed E-state index contributed by atoms with van der Waals surface area (Å²) in [7, 11) is 2.28. The standard InChI is InChI=1S/C16H10B/c1-2-9-14-12(7-1)13-8-3-5-11-6-4-10-15(17-14)16(11)13/h1-10H. The molecule has 0 aromatic heterocycles. The molecule has 1 aliphatic rings. The molecule has 1 heterocycles. The van der Waals surface area contributed by atoms with Crippen LogP contribution in [0.25, 0.3) is 21.9 Å². The number of fused-ring (bicyclic) bond motifs is 2. The van der Waals surface area contributed by atoms with Crippen molar-refractivity contribution in [1.29, 1.82) is 0 Å². The monoisotopic (exact) mass is 213 g/mol. The molecular formula is C16H10B. The summed E-state index contributed by atoms with van der Waals surface area (Å²) in [6.45, 7) is 0. The summed E-state index contributed by atoms with van der Waals surface area (Å²) in [5.74, 6) is 0. The summed E-state index contributed by atoms with van der Waals surface area (Å²) in [6.07, 6.45) is 0. The maximum atomic E-state index is 2.28. The van der Waals surface area contributed by atoms with E-state index in [0.29, 0.717) is 0 Å². The summed E-state index contributed by atoms with van der Waals surface area (Å²) >= 11 is 0. The zero-order valence-electron chi connectivity index (χ0n) is 9.35. The molecule has 17 heavy (non-hydrogen) atoms. The van der Waals surface area contributed by atoms with E-state index in [4.69, 9.17) is 0 Å². The number of hydrogen-bond donors (Lipinski definition) is 0. The van der Waals surface area contributed by atoms with Gasteiger partial charge in [-0.1, -0.05) is 71.6 Å². The number of benzene rings is 3. The van der Waals surface area contributed by atoms with Gasteiger partial charge in [-0.15, -0.1) is 0 Å². The topological polar surface area (TPSA) is 0 Å². The second-order valence-corrected chi connectivity index (χ2v) is 4.48. The average molecular weight is 213 g/mol. The summed E-state index contributed by atoms with van der Waals surface area (Å²) in [6, 6.07) is 21.7. The van der Waals surface area contributed by atoms with E-state index in [-0.39, 0.29) is 0 Å². The second kappa shape index (κ2) is 3.24. The predicted molar refractivity (Wildman–Crippen MR) is 74.4 cm³/mol. The molecule has 0 saturated carbocycles. The molecule has 4 rings (SSSR count). The van der Waals surface area contributed by atoms with E-state index in [9.17, 15) is 0 Å². The predicted octanol–water partition coefficient (Wildman–Crippen LogP) is 2.48. The van der Waals surface area contributed by atoms with Gasteiger partial charge in [0.15, 0.2) is 7.28 Å². The highest BCUT2D eigenvalue weighted by Gasteiger charge is 2.17. The molecule has 0 unspecified atom stereocenters. The highest BCUT2D eigenvalue weighted by Crippen LogP contribution is 2.28. The van der Waals surface area contributed by atoms with Gasteiger partial charge in [0.1, 0.15) is 0 Å². The first kappa shape index (κ1) is 9.06. The molecular weight excluding hydrogens is 203 g/mol. The van der Waals surface area contributed by atoms with Crippen molar-refractivity contribution in [1.82, 2.24) is 0 Å². The van der Waals surface area contributed by atoms with Crippen LogP contribution in [-0.4, -0.2) is 7.28 Å². The minimum absolute atomic E-state index is 1.32. The third kappa shape index (κ3) is 1.20. The van der Waals surface area contributed by atoms with E-state index in [1.165, 1.54) is 32.8 Å². The van der Waals surface area contributed by atoms with E-state index in [1.54, 1.807) is 0 Å². The van der Waals surface area contributed by atoms with Crippen molar-refractivity contribution in [2.75, 3.05) is 0 Å². The Balaban J connectivity index is 2.22. The van der Waals surface area contributed by atoms with Crippen molar-refractivity contribution < 1.29 is 0 Å². The molecule has 3 aromatic carbocycles. The smallest absolute Gasteiger partial charge is 0.0737 e. The molecule has 0 N–H and O–H groups in total. The van der Waals surface area contributed by atoms with Gasteiger partial charge in [-0.2, -0.15) is 0 Å². The molecule has 0 saturated heterocycles. The molecule has 0 fully saturated rings. The number of rotatable bonds is 0. The van der Waals surface area contributed by atoms with Gasteiger partial charge in [-0.25, -0.2) is 0 Å². The van der Waals surface area contributed by atoms with Crippen LogP contribution >= 0.6 is 0 Å². The lowest BCUT2D eigenvalue weighted by Gasteiger charge is -2.19. The Bertz CT molecular complexity index is 723. The minimum Gasteiger partial charge on any atom is -0.0737 e. The maximum Gasteiger partial charge on any atom is 0.193 e. The van der Waals surface area contributed by atoms with Crippen LogP contribution in [0.3, 0.4) is 0 Å². The highest BCUT2D eigenvalue weighted by molar-refractivity contribution is 6.73. The van der Waals surface area contributed by atoms with Crippen LogP contribution in [0.2, 0.25) is 0 Å². The van der Waals surface area contributed by atoms with Gasteiger partial charge in [0.25, 0.3) is 0 Å². The quantitative estimate of drug-likeness (QED) is 0.393. The summed E-state index contributed by atoms with van der Waals surface area (Å²) in [5, 5.41) is 2.71. The largest absolute Gasteiger partial charge is 0.193 e. The summed E-state index contributed by atoms with van der Waals surface area (Å²) < 4.78 is 0. The molecule has 0 atom stereocenters. The molecule has 0 nitrogen and oxygen atoms in total. The van der Waals surface area contributed by atoms with E-state index in [0.717, 1.165) is 0 Å². The van der Waals surface area contributed by atoms with Gasteiger partial charge in [-0.3, -0.25) is 0 Å². The third-order valence-corrected chi connectivity index (χ3v) is 3.50. The molecule has 77 valence electrons. The first-order valence-corrected chi connectivity index (χ1v) is 5.89.